The quantitative estimate of drug-likeness (QED) is 0.529. The molecule has 0 saturated heterocycles. The minimum atomic E-state index is -0.360. The second-order valence-corrected chi connectivity index (χ2v) is 3.60. The van der Waals surface area contributed by atoms with Crippen molar-refractivity contribution in [3.8, 4) is 0 Å². The van der Waals surface area contributed by atoms with Crippen LogP contribution in [-0.4, -0.2) is 18.7 Å². The fourth-order valence-electron chi connectivity index (χ4n) is 1.73. The molecule has 0 amide bonds. The molecule has 0 radical (unpaired) electrons. The summed E-state index contributed by atoms with van der Waals surface area (Å²) < 4.78 is 5.20. The number of carbonyl (C=O) groups is 1. The van der Waals surface area contributed by atoms with Gasteiger partial charge in [-0.15, -0.1) is 0 Å². The Kier molecular flexibility index (Phi) is 4.18. The zero-order chi connectivity index (χ0) is 9.68. The Morgan fingerprint density at radius 3 is 2.77 bits per heavy atom. The van der Waals surface area contributed by atoms with E-state index < -0.39 is 0 Å². The van der Waals surface area contributed by atoms with Gasteiger partial charge in [0.15, 0.2) is 6.61 Å². The second kappa shape index (κ2) is 5.19. The summed E-state index contributed by atoms with van der Waals surface area (Å²) in [5.41, 5.74) is 0. The van der Waals surface area contributed by atoms with E-state index in [1.165, 1.54) is 6.42 Å². The van der Waals surface area contributed by atoms with Crippen molar-refractivity contribution < 1.29 is 14.4 Å². The van der Waals surface area contributed by atoms with Gasteiger partial charge in [-0.2, -0.15) is 0 Å². The molecule has 1 rings (SSSR count). The van der Waals surface area contributed by atoms with Crippen LogP contribution in [0.15, 0.2) is 0 Å². The zero-order valence-corrected chi connectivity index (χ0v) is 7.99. The van der Waals surface area contributed by atoms with Crippen LogP contribution in [0.4, 0.5) is 0 Å². The third kappa shape index (κ3) is 3.32. The number of carbonyl (C=O) groups excluding carboxylic acids is 1. The first-order chi connectivity index (χ1) is 6.24. The molecule has 4 nitrogen and oxygen atoms in total. The largest absolute Gasteiger partial charge is 0.460 e. The second-order valence-electron chi connectivity index (χ2n) is 3.60. The number of rotatable bonds is 3. The topological polar surface area (TPSA) is 61.5 Å². The molecular formula is C9H17NO3. The lowest BCUT2D eigenvalue weighted by Gasteiger charge is -2.28. The molecule has 0 heterocycles. The van der Waals surface area contributed by atoms with Crippen molar-refractivity contribution >= 4 is 5.97 Å². The summed E-state index contributed by atoms with van der Waals surface area (Å²) in [5.74, 6) is 4.88. The maximum Gasteiger partial charge on any atom is 0.334 e. The van der Waals surface area contributed by atoms with E-state index in [9.17, 15) is 4.79 Å². The van der Waals surface area contributed by atoms with E-state index in [-0.39, 0.29) is 18.7 Å². The van der Waals surface area contributed by atoms with Gasteiger partial charge >= 0.3 is 5.97 Å². The SMILES string of the molecule is CC1CCCCC1OC(=O)CON. The lowest BCUT2D eigenvalue weighted by molar-refractivity contribution is -0.158. The van der Waals surface area contributed by atoms with E-state index in [2.05, 4.69) is 11.8 Å². The highest BCUT2D eigenvalue weighted by molar-refractivity contribution is 5.70. The molecule has 1 aliphatic carbocycles. The lowest BCUT2D eigenvalue weighted by Crippen LogP contribution is -2.30. The average molecular weight is 187 g/mol. The molecule has 0 bridgehead atoms. The van der Waals surface area contributed by atoms with Crippen molar-refractivity contribution in [2.24, 2.45) is 11.8 Å². The molecule has 13 heavy (non-hydrogen) atoms. The van der Waals surface area contributed by atoms with Crippen LogP contribution in [-0.2, 0) is 14.4 Å². The van der Waals surface area contributed by atoms with Crippen LogP contribution in [0.2, 0.25) is 0 Å². The minimum absolute atomic E-state index is 0.0661. The number of hydrogen-bond acceptors (Lipinski definition) is 4. The van der Waals surface area contributed by atoms with E-state index in [4.69, 9.17) is 10.6 Å². The molecule has 0 spiro atoms. The third-order valence-electron chi connectivity index (χ3n) is 2.52. The summed E-state index contributed by atoms with van der Waals surface area (Å²) in [6.45, 7) is 1.96. The molecule has 1 aliphatic rings. The van der Waals surface area contributed by atoms with Gasteiger partial charge in [-0.05, 0) is 25.2 Å². The molecule has 1 fully saturated rings. The van der Waals surface area contributed by atoms with Gasteiger partial charge in [0, 0.05) is 0 Å². The van der Waals surface area contributed by atoms with Gasteiger partial charge in [0.1, 0.15) is 6.10 Å². The van der Waals surface area contributed by atoms with E-state index >= 15 is 0 Å². The van der Waals surface area contributed by atoms with E-state index in [1.807, 2.05) is 0 Å². The maximum absolute atomic E-state index is 11.0. The number of esters is 1. The maximum atomic E-state index is 11.0. The summed E-state index contributed by atoms with van der Waals surface area (Å²) in [7, 11) is 0. The summed E-state index contributed by atoms with van der Waals surface area (Å²) >= 11 is 0. The molecule has 2 N–H and O–H groups in total. The highest BCUT2D eigenvalue weighted by atomic mass is 16.6. The molecule has 1 saturated carbocycles. The van der Waals surface area contributed by atoms with Crippen molar-refractivity contribution in [1.29, 1.82) is 0 Å². The van der Waals surface area contributed by atoms with Gasteiger partial charge in [-0.25, -0.2) is 10.7 Å². The monoisotopic (exact) mass is 187 g/mol. The Morgan fingerprint density at radius 1 is 1.46 bits per heavy atom. The highest BCUT2D eigenvalue weighted by Gasteiger charge is 2.24. The van der Waals surface area contributed by atoms with Crippen molar-refractivity contribution in [2.45, 2.75) is 38.7 Å². The number of nitrogens with two attached hydrogens (primary N) is 1. The van der Waals surface area contributed by atoms with Gasteiger partial charge in [0.2, 0.25) is 0 Å². The average Bonchev–Trinajstić information content (AvgIpc) is 2.09. The van der Waals surface area contributed by atoms with Gasteiger partial charge < -0.3 is 4.74 Å². The van der Waals surface area contributed by atoms with Crippen LogP contribution < -0.4 is 5.90 Å². The predicted molar refractivity (Wildman–Crippen MR) is 47.7 cm³/mol. The Bertz CT molecular complexity index is 172. The number of hydrogen-bond donors (Lipinski definition) is 1. The fraction of sp³-hybridized carbons (Fsp3) is 0.889. The van der Waals surface area contributed by atoms with E-state index in [0.29, 0.717) is 5.92 Å². The van der Waals surface area contributed by atoms with Crippen LogP contribution >= 0.6 is 0 Å². The van der Waals surface area contributed by atoms with Crippen molar-refractivity contribution in [3.05, 3.63) is 0 Å². The van der Waals surface area contributed by atoms with Gasteiger partial charge in [-0.1, -0.05) is 13.3 Å². The summed E-state index contributed by atoms with van der Waals surface area (Å²) in [6, 6.07) is 0. The van der Waals surface area contributed by atoms with Gasteiger partial charge in [0.05, 0.1) is 0 Å². The van der Waals surface area contributed by atoms with Crippen LogP contribution in [0.1, 0.15) is 32.6 Å². The van der Waals surface area contributed by atoms with Crippen LogP contribution in [0.5, 0.6) is 0 Å². The van der Waals surface area contributed by atoms with Crippen molar-refractivity contribution in [2.75, 3.05) is 6.61 Å². The molecular weight excluding hydrogens is 170 g/mol. The third-order valence-corrected chi connectivity index (χ3v) is 2.52. The predicted octanol–water partition coefficient (Wildman–Crippen LogP) is 0.999. The molecule has 2 atom stereocenters. The summed E-state index contributed by atoms with van der Waals surface area (Å²) in [6.07, 6.45) is 4.56. The Morgan fingerprint density at radius 2 is 2.15 bits per heavy atom. The Labute approximate surface area is 78.3 Å². The molecule has 0 aliphatic heterocycles. The standard InChI is InChI=1S/C9H17NO3/c1-7-4-2-3-5-8(7)13-9(11)6-12-10/h7-8H,2-6,10H2,1H3. The summed E-state index contributed by atoms with van der Waals surface area (Å²) in [4.78, 5) is 15.2. The molecule has 0 aromatic rings. The van der Waals surface area contributed by atoms with Crippen LogP contribution in [0.3, 0.4) is 0 Å². The lowest BCUT2D eigenvalue weighted by atomic mass is 9.88. The highest BCUT2D eigenvalue weighted by Crippen LogP contribution is 2.26. The van der Waals surface area contributed by atoms with Crippen LogP contribution in [0.25, 0.3) is 0 Å². The van der Waals surface area contributed by atoms with Crippen LogP contribution in [0, 0.1) is 5.92 Å². The van der Waals surface area contributed by atoms with E-state index in [0.717, 1.165) is 19.3 Å². The molecule has 76 valence electrons. The molecule has 4 heteroatoms. The Balaban J connectivity index is 2.29. The molecule has 0 aromatic heterocycles. The first kappa shape index (κ1) is 10.5. The zero-order valence-electron chi connectivity index (χ0n) is 7.99. The fourth-order valence-corrected chi connectivity index (χ4v) is 1.73. The van der Waals surface area contributed by atoms with Crippen molar-refractivity contribution in [3.63, 3.8) is 0 Å². The molecule has 2 unspecified atom stereocenters. The minimum Gasteiger partial charge on any atom is -0.460 e. The molecule has 0 aromatic carbocycles. The first-order valence-corrected chi connectivity index (χ1v) is 4.75. The van der Waals surface area contributed by atoms with E-state index in [1.54, 1.807) is 0 Å². The summed E-state index contributed by atoms with van der Waals surface area (Å²) in [5, 5.41) is 0. The normalized spacial score (nSPS) is 28.5. The smallest absolute Gasteiger partial charge is 0.334 e. The van der Waals surface area contributed by atoms with Crippen molar-refractivity contribution in [1.82, 2.24) is 0 Å². The van der Waals surface area contributed by atoms with Gasteiger partial charge in [0.25, 0.3) is 0 Å². The number of ether oxygens (including phenoxy) is 1. The Hall–Kier alpha value is -0.610. The first-order valence-electron chi connectivity index (χ1n) is 4.75. The van der Waals surface area contributed by atoms with Gasteiger partial charge in [-0.3, -0.25) is 4.84 Å².